The summed E-state index contributed by atoms with van der Waals surface area (Å²) in [5.41, 5.74) is 3.10. The lowest BCUT2D eigenvalue weighted by molar-refractivity contribution is -0.118. The van der Waals surface area contributed by atoms with Crippen molar-refractivity contribution >= 4 is 34.2 Å². The molecule has 0 aliphatic heterocycles. The lowest BCUT2D eigenvalue weighted by Crippen LogP contribution is -2.21. The number of fused-ring (bicyclic) bond motifs is 3. The Kier molecular flexibility index (Phi) is 5.78. The minimum absolute atomic E-state index is 0.237. The predicted octanol–water partition coefficient (Wildman–Crippen LogP) is 4.28. The minimum Gasteiger partial charge on any atom is -0.495 e. The third-order valence-corrected chi connectivity index (χ3v) is 5.58. The van der Waals surface area contributed by atoms with E-state index in [-0.39, 0.29) is 18.1 Å². The number of nitrogens with one attached hydrogen (secondary N) is 1. The van der Waals surface area contributed by atoms with Gasteiger partial charge in [0.05, 0.1) is 30.3 Å². The maximum Gasteiger partial charge on any atom is 0.339 e. The number of benzene rings is 2. The first-order chi connectivity index (χ1) is 14.9. The van der Waals surface area contributed by atoms with E-state index in [2.05, 4.69) is 5.32 Å². The van der Waals surface area contributed by atoms with Crippen molar-refractivity contribution in [3.8, 4) is 17.2 Å². The number of hydrogen-bond donors (Lipinski definition) is 1. The first-order valence-electron chi connectivity index (χ1n) is 9.84. The number of anilines is 1. The molecular weight excluding hydrogens is 422 g/mol. The Morgan fingerprint density at radius 3 is 2.55 bits per heavy atom. The molecule has 4 rings (SSSR count). The predicted molar refractivity (Wildman–Crippen MR) is 118 cm³/mol. The smallest absolute Gasteiger partial charge is 0.339 e. The number of aryl methyl sites for hydroxylation is 2. The van der Waals surface area contributed by atoms with Crippen LogP contribution in [0.25, 0.3) is 11.0 Å². The highest BCUT2D eigenvalue weighted by molar-refractivity contribution is 6.32. The summed E-state index contributed by atoms with van der Waals surface area (Å²) in [5.74, 6) is 0.986. The van der Waals surface area contributed by atoms with E-state index in [1.165, 1.54) is 14.2 Å². The van der Waals surface area contributed by atoms with Crippen molar-refractivity contribution in [1.82, 2.24) is 0 Å². The standard InChI is InChI=1S/C23H22ClNO6/c1-12-7-19(22-13-5-4-6-14(13)23(27)31-20(22)8-12)30-11-21(26)25-16-9-15(24)17(28-2)10-18(16)29-3/h7-10H,4-6,11H2,1-3H3,(H,25,26). The maximum absolute atomic E-state index is 12.6. The topological polar surface area (TPSA) is 87.0 Å². The zero-order chi connectivity index (χ0) is 22.1. The van der Waals surface area contributed by atoms with Crippen LogP contribution in [0.4, 0.5) is 5.69 Å². The second kappa shape index (κ2) is 8.51. The summed E-state index contributed by atoms with van der Waals surface area (Å²) in [6.07, 6.45) is 2.37. The summed E-state index contributed by atoms with van der Waals surface area (Å²) in [4.78, 5) is 24.8. The molecule has 0 spiro atoms. The van der Waals surface area contributed by atoms with Crippen LogP contribution in [0.5, 0.6) is 17.2 Å². The van der Waals surface area contributed by atoms with Gasteiger partial charge in [0.2, 0.25) is 0 Å². The molecular formula is C23H22ClNO6. The lowest BCUT2D eigenvalue weighted by atomic mass is 10.0. The molecule has 3 aromatic rings. The van der Waals surface area contributed by atoms with Gasteiger partial charge in [-0.05, 0) is 55.5 Å². The number of ether oxygens (including phenoxy) is 3. The Morgan fingerprint density at radius 1 is 1.06 bits per heavy atom. The molecule has 1 heterocycles. The van der Waals surface area contributed by atoms with Crippen LogP contribution in [0.3, 0.4) is 0 Å². The van der Waals surface area contributed by atoms with Crippen LogP contribution in [0.15, 0.2) is 33.5 Å². The summed E-state index contributed by atoms with van der Waals surface area (Å²) in [6.45, 7) is 1.64. The quantitative estimate of drug-likeness (QED) is 0.572. The monoisotopic (exact) mass is 443 g/mol. The minimum atomic E-state index is -0.386. The summed E-state index contributed by atoms with van der Waals surface area (Å²) in [7, 11) is 2.99. The Labute approximate surface area is 183 Å². The van der Waals surface area contributed by atoms with E-state index < -0.39 is 0 Å². The van der Waals surface area contributed by atoms with Crippen LogP contribution < -0.4 is 25.2 Å². The fraction of sp³-hybridized carbons (Fsp3) is 0.304. The molecule has 2 aromatic carbocycles. The molecule has 0 radical (unpaired) electrons. The summed E-state index contributed by atoms with van der Waals surface area (Å²) >= 11 is 6.17. The van der Waals surface area contributed by atoms with Crippen molar-refractivity contribution in [2.75, 3.05) is 26.1 Å². The van der Waals surface area contributed by atoms with Crippen molar-refractivity contribution in [3.05, 3.63) is 56.4 Å². The molecule has 0 bridgehead atoms. The average molecular weight is 444 g/mol. The molecule has 0 saturated heterocycles. The van der Waals surface area contributed by atoms with Crippen molar-refractivity contribution in [2.45, 2.75) is 26.2 Å². The molecule has 31 heavy (non-hydrogen) atoms. The molecule has 162 valence electrons. The maximum atomic E-state index is 12.6. The first-order valence-corrected chi connectivity index (χ1v) is 10.2. The van der Waals surface area contributed by atoms with Gasteiger partial charge in [-0.3, -0.25) is 4.79 Å². The fourth-order valence-electron chi connectivity index (χ4n) is 3.91. The second-order valence-corrected chi connectivity index (χ2v) is 7.77. The average Bonchev–Trinajstić information content (AvgIpc) is 3.22. The first kappa shape index (κ1) is 21.1. The van der Waals surface area contributed by atoms with Crippen molar-refractivity contribution in [1.29, 1.82) is 0 Å². The van der Waals surface area contributed by atoms with Crippen LogP contribution in [0.2, 0.25) is 5.02 Å². The van der Waals surface area contributed by atoms with Crippen LogP contribution in [-0.4, -0.2) is 26.7 Å². The van der Waals surface area contributed by atoms with E-state index in [1.807, 2.05) is 19.1 Å². The largest absolute Gasteiger partial charge is 0.495 e. The number of carbonyl (C=O) groups is 1. The highest BCUT2D eigenvalue weighted by atomic mass is 35.5. The van der Waals surface area contributed by atoms with Crippen molar-refractivity contribution in [3.63, 3.8) is 0 Å². The molecule has 1 N–H and O–H groups in total. The number of carbonyl (C=O) groups excluding carboxylic acids is 1. The highest BCUT2D eigenvalue weighted by Gasteiger charge is 2.23. The molecule has 8 heteroatoms. The van der Waals surface area contributed by atoms with Gasteiger partial charge < -0.3 is 23.9 Å². The number of hydrogen-bond acceptors (Lipinski definition) is 6. The lowest BCUT2D eigenvalue weighted by Gasteiger charge is -2.15. The Hall–Kier alpha value is -3.19. The van der Waals surface area contributed by atoms with Gasteiger partial charge in [0.25, 0.3) is 5.91 Å². The molecule has 0 unspecified atom stereocenters. The zero-order valence-electron chi connectivity index (χ0n) is 17.5. The van der Waals surface area contributed by atoms with E-state index in [4.69, 9.17) is 30.2 Å². The molecule has 0 saturated carbocycles. The van der Waals surface area contributed by atoms with Gasteiger partial charge in [-0.1, -0.05) is 11.6 Å². The summed E-state index contributed by atoms with van der Waals surface area (Å²) in [5, 5.41) is 3.85. The van der Waals surface area contributed by atoms with Crippen molar-refractivity contribution < 1.29 is 23.4 Å². The van der Waals surface area contributed by atoms with Gasteiger partial charge >= 0.3 is 5.63 Å². The number of rotatable bonds is 6. The van der Waals surface area contributed by atoms with Crippen LogP contribution in [-0.2, 0) is 17.6 Å². The van der Waals surface area contributed by atoms with Gasteiger partial charge in [0.1, 0.15) is 22.8 Å². The van der Waals surface area contributed by atoms with Gasteiger partial charge in [-0.15, -0.1) is 0 Å². The molecule has 1 aliphatic carbocycles. The Morgan fingerprint density at radius 2 is 1.81 bits per heavy atom. The van der Waals surface area contributed by atoms with E-state index in [1.54, 1.807) is 12.1 Å². The summed E-state index contributed by atoms with van der Waals surface area (Å²) in [6, 6.07) is 6.81. The van der Waals surface area contributed by atoms with Gasteiger partial charge in [-0.25, -0.2) is 4.79 Å². The van der Waals surface area contributed by atoms with Gasteiger partial charge in [0.15, 0.2) is 6.61 Å². The van der Waals surface area contributed by atoms with Crippen LogP contribution in [0, 0.1) is 6.92 Å². The number of amides is 1. The van der Waals surface area contributed by atoms with Gasteiger partial charge in [0, 0.05) is 11.6 Å². The van der Waals surface area contributed by atoms with E-state index in [0.29, 0.717) is 45.5 Å². The summed E-state index contributed by atoms with van der Waals surface area (Å²) < 4.78 is 21.9. The Balaban J connectivity index is 1.59. The third kappa shape index (κ3) is 4.05. The van der Waals surface area contributed by atoms with E-state index in [0.717, 1.165) is 29.4 Å². The van der Waals surface area contributed by atoms with Gasteiger partial charge in [-0.2, -0.15) is 0 Å². The highest BCUT2D eigenvalue weighted by Crippen LogP contribution is 2.37. The third-order valence-electron chi connectivity index (χ3n) is 5.29. The van der Waals surface area contributed by atoms with Crippen molar-refractivity contribution in [2.24, 2.45) is 0 Å². The molecule has 0 atom stereocenters. The second-order valence-electron chi connectivity index (χ2n) is 7.36. The fourth-order valence-corrected chi connectivity index (χ4v) is 4.15. The molecule has 7 nitrogen and oxygen atoms in total. The van der Waals surface area contributed by atoms with E-state index in [9.17, 15) is 9.59 Å². The Bertz CT molecular complexity index is 1230. The number of methoxy groups -OCH3 is 2. The van der Waals surface area contributed by atoms with Crippen LogP contribution in [0.1, 0.15) is 23.1 Å². The molecule has 0 fully saturated rings. The molecule has 1 aromatic heterocycles. The molecule has 1 amide bonds. The normalized spacial score (nSPS) is 12.5. The van der Waals surface area contributed by atoms with E-state index >= 15 is 0 Å². The van der Waals surface area contributed by atoms with Crippen LogP contribution >= 0.6 is 11.6 Å². The SMILES string of the molecule is COc1cc(OC)c(NC(=O)COc2cc(C)cc3oc(=O)c4c(c23)CCC4)cc1Cl. The zero-order valence-corrected chi connectivity index (χ0v) is 18.2. The molecule has 1 aliphatic rings. The number of halogens is 1.